The second-order valence-corrected chi connectivity index (χ2v) is 6.34. The summed E-state index contributed by atoms with van der Waals surface area (Å²) in [5.74, 6) is 0.701. The Morgan fingerprint density at radius 3 is 2.77 bits per heavy atom. The van der Waals surface area contributed by atoms with Crippen LogP contribution in [-0.2, 0) is 0 Å². The van der Waals surface area contributed by atoms with E-state index in [1.165, 1.54) is 0 Å². The Morgan fingerprint density at radius 2 is 2.09 bits per heavy atom. The van der Waals surface area contributed by atoms with Crippen LogP contribution in [0.4, 0.5) is 0 Å². The molecule has 22 heavy (non-hydrogen) atoms. The zero-order chi connectivity index (χ0) is 15.7. The molecule has 114 valence electrons. The van der Waals surface area contributed by atoms with Gasteiger partial charge in [0.15, 0.2) is 5.89 Å². The molecule has 5 nitrogen and oxygen atoms in total. The summed E-state index contributed by atoms with van der Waals surface area (Å²) in [6.07, 6.45) is 0. The fourth-order valence-electron chi connectivity index (χ4n) is 2.26. The van der Waals surface area contributed by atoms with Gasteiger partial charge in [0.2, 0.25) is 5.76 Å². The highest BCUT2D eigenvalue weighted by atomic mass is 32.1. The lowest BCUT2D eigenvalue weighted by molar-refractivity contribution is 0.0922. The number of carbonyl (C=O) groups excluding carboxylic acids is 1. The number of aromatic nitrogens is 2. The van der Waals surface area contributed by atoms with Gasteiger partial charge in [-0.3, -0.25) is 4.79 Å². The predicted molar refractivity (Wildman–Crippen MR) is 86.3 cm³/mol. The third-order valence-electron chi connectivity index (χ3n) is 3.41. The molecule has 2 aromatic heterocycles. The number of fused-ring (bicyclic) bond motifs is 1. The standard InChI is InChI=1S/C16H17N3O2S/c1-9(16-19-12-6-4-5-7-13(12)22-16)8-17-15(20)14-10(2)18-11(3)21-14/h4-7,9H,8H2,1-3H3,(H,17,20)/t9-/m1/s1. The molecule has 0 radical (unpaired) electrons. The lowest BCUT2D eigenvalue weighted by Gasteiger charge is -2.09. The normalized spacial score (nSPS) is 12.5. The highest BCUT2D eigenvalue weighted by Crippen LogP contribution is 2.26. The summed E-state index contributed by atoms with van der Waals surface area (Å²) in [5.41, 5.74) is 1.62. The molecule has 3 aromatic rings. The molecule has 0 aliphatic heterocycles. The molecule has 0 fully saturated rings. The molecule has 0 aliphatic carbocycles. The Hall–Kier alpha value is -2.21. The van der Waals surface area contributed by atoms with Crippen molar-refractivity contribution in [3.63, 3.8) is 0 Å². The molecule has 0 spiro atoms. The van der Waals surface area contributed by atoms with Crippen molar-refractivity contribution in [2.24, 2.45) is 0 Å². The van der Waals surface area contributed by atoms with Crippen molar-refractivity contribution in [3.05, 3.63) is 46.6 Å². The molecule has 0 aliphatic rings. The molecule has 0 unspecified atom stereocenters. The fraction of sp³-hybridized carbons (Fsp3) is 0.312. The molecule has 1 amide bonds. The van der Waals surface area contributed by atoms with Crippen molar-refractivity contribution in [1.82, 2.24) is 15.3 Å². The average molecular weight is 315 g/mol. The van der Waals surface area contributed by atoms with Crippen LogP contribution in [0.1, 0.15) is 40.0 Å². The molecule has 1 atom stereocenters. The van der Waals surface area contributed by atoms with E-state index in [-0.39, 0.29) is 17.6 Å². The summed E-state index contributed by atoms with van der Waals surface area (Å²) in [6, 6.07) is 8.04. The van der Waals surface area contributed by atoms with Crippen molar-refractivity contribution in [1.29, 1.82) is 0 Å². The van der Waals surface area contributed by atoms with Crippen LogP contribution in [0.2, 0.25) is 0 Å². The van der Waals surface area contributed by atoms with E-state index >= 15 is 0 Å². The second-order valence-electron chi connectivity index (χ2n) is 5.28. The molecule has 0 bridgehead atoms. The topological polar surface area (TPSA) is 68.0 Å². The summed E-state index contributed by atoms with van der Waals surface area (Å²) < 4.78 is 6.49. The highest BCUT2D eigenvalue weighted by molar-refractivity contribution is 7.18. The lowest BCUT2D eigenvalue weighted by atomic mass is 10.2. The third kappa shape index (κ3) is 2.87. The second kappa shape index (κ2) is 5.88. The van der Waals surface area contributed by atoms with Crippen LogP contribution in [0.5, 0.6) is 0 Å². The maximum absolute atomic E-state index is 12.1. The number of nitrogens with one attached hydrogen (secondary N) is 1. The number of nitrogens with zero attached hydrogens (tertiary/aromatic N) is 2. The average Bonchev–Trinajstić information content (AvgIpc) is 3.07. The number of hydrogen-bond donors (Lipinski definition) is 1. The van der Waals surface area contributed by atoms with E-state index in [2.05, 4.69) is 28.3 Å². The van der Waals surface area contributed by atoms with Crippen LogP contribution in [0.25, 0.3) is 10.2 Å². The minimum absolute atomic E-state index is 0.144. The first-order chi connectivity index (χ1) is 10.5. The van der Waals surface area contributed by atoms with Crippen LogP contribution in [-0.4, -0.2) is 22.4 Å². The maximum Gasteiger partial charge on any atom is 0.289 e. The summed E-state index contributed by atoms with van der Waals surface area (Å²) in [7, 11) is 0. The van der Waals surface area contributed by atoms with Gasteiger partial charge in [-0.1, -0.05) is 19.1 Å². The van der Waals surface area contributed by atoms with Crippen LogP contribution in [0, 0.1) is 13.8 Å². The Labute approximate surface area is 132 Å². The number of hydrogen-bond acceptors (Lipinski definition) is 5. The number of thiazole rings is 1. The number of oxazole rings is 1. The van der Waals surface area contributed by atoms with E-state index in [9.17, 15) is 4.79 Å². The molecule has 2 heterocycles. The SMILES string of the molecule is Cc1nc(C)c(C(=O)NC[C@@H](C)c2nc3ccccc3s2)o1. The van der Waals surface area contributed by atoms with Gasteiger partial charge in [-0.05, 0) is 19.1 Å². The van der Waals surface area contributed by atoms with Gasteiger partial charge in [0.05, 0.1) is 20.9 Å². The van der Waals surface area contributed by atoms with Gasteiger partial charge in [0.25, 0.3) is 5.91 Å². The zero-order valence-electron chi connectivity index (χ0n) is 12.7. The fourth-order valence-corrected chi connectivity index (χ4v) is 3.27. The summed E-state index contributed by atoms with van der Waals surface area (Å²) in [6.45, 7) is 6.06. The number of aryl methyl sites for hydroxylation is 2. The first-order valence-electron chi connectivity index (χ1n) is 7.12. The largest absolute Gasteiger partial charge is 0.436 e. The van der Waals surface area contributed by atoms with Gasteiger partial charge in [0.1, 0.15) is 0 Å². The van der Waals surface area contributed by atoms with E-state index in [1.54, 1.807) is 25.2 Å². The molecular formula is C16H17N3O2S. The Balaban J connectivity index is 1.68. The number of para-hydroxylation sites is 1. The van der Waals surface area contributed by atoms with Crippen LogP contribution >= 0.6 is 11.3 Å². The molecular weight excluding hydrogens is 298 g/mol. The molecule has 1 aromatic carbocycles. The third-order valence-corrected chi connectivity index (χ3v) is 4.68. The first kappa shape index (κ1) is 14.7. The van der Waals surface area contributed by atoms with Gasteiger partial charge in [-0.25, -0.2) is 9.97 Å². The number of rotatable bonds is 4. The number of amides is 1. The van der Waals surface area contributed by atoms with Crippen LogP contribution in [0.15, 0.2) is 28.7 Å². The Bertz CT molecular complexity index is 789. The van der Waals surface area contributed by atoms with E-state index in [0.717, 1.165) is 15.2 Å². The van der Waals surface area contributed by atoms with E-state index in [4.69, 9.17) is 4.42 Å². The highest BCUT2D eigenvalue weighted by Gasteiger charge is 2.18. The molecule has 3 rings (SSSR count). The van der Waals surface area contributed by atoms with Crippen molar-refractivity contribution in [3.8, 4) is 0 Å². The van der Waals surface area contributed by atoms with Crippen molar-refractivity contribution in [2.45, 2.75) is 26.7 Å². The minimum Gasteiger partial charge on any atom is -0.436 e. The van der Waals surface area contributed by atoms with Gasteiger partial charge >= 0.3 is 0 Å². The van der Waals surface area contributed by atoms with Gasteiger partial charge in [-0.15, -0.1) is 11.3 Å². The zero-order valence-corrected chi connectivity index (χ0v) is 13.5. The van der Waals surface area contributed by atoms with Crippen LogP contribution in [0.3, 0.4) is 0 Å². The summed E-state index contributed by atoms with van der Waals surface area (Å²) in [5, 5.41) is 3.91. The molecule has 1 N–H and O–H groups in total. The lowest BCUT2D eigenvalue weighted by Crippen LogP contribution is -2.27. The Morgan fingerprint density at radius 1 is 1.32 bits per heavy atom. The van der Waals surface area contributed by atoms with E-state index in [0.29, 0.717) is 18.1 Å². The van der Waals surface area contributed by atoms with E-state index in [1.807, 2.05) is 18.2 Å². The van der Waals surface area contributed by atoms with Crippen molar-refractivity contribution < 1.29 is 9.21 Å². The summed E-state index contributed by atoms with van der Waals surface area (Å²) in [4.78, 5) is 20.8. The van der Waals surface area contributed by atoms with Gasteiger partial charge in [0, 0.05) is 19.4 Å². The van der Waals surface area contributed by atoms with Gasteiger partial charge in [-0.2, -0.15) is 0 Å². The van der Waals surface area contributed by atoms with Crippen molar-refractivity contribution in [2.75, 3.05) is 6.54 Å². The Kier molecular flexibility index (Phi) is 3.94. The molecule has 0 saturated heterocycles. The molecule has 6 heteroatoms. The quantitative estimate of drug-likeness (QED) is 0.801. The molecule has 0 saturated carbocycles. The number of benzene rings is 1. The van der Waals surface area contributed by atoms with Crippen LogP contribution < -0.4 is 5.32 Å². The monoisotopic (exact) mass is 315 g/mol. The maximum atomic E-state index is 12.1. The van der Waals surface area contributed by atoms with Crippen molar-refractivity contribution >= 4 is 27.5 Å². The van der Waals surface area contributed by atoms with E-state index < -0.39 is 0 Å². The smallest absolute Gasteiger partial charge is 0.289 e. The van der Waals surface area contributed by atoms with Gasteiger partial charge < -0.3 is 9.73 Å². The predicted octanol–water partition coefficient (Wildman–Crippen LogP) is 3.43. The number of carbonyl (C=O) groups is 1. The minimum atomic E-state index is -0.230. The summed E-state index contributed by atoms with van der Waals surface area (Å²) >= 11 is 1.66. The first-order valence-corrected chi connectivity index (χ1v) is 7.94.